The van der Waals surface area contributed by atoms with Crippen molar-refractivity contribution >= 4 is 5.57 Å². The fourth-order valence-electron chi connectivity index (χ4n) is 1.95. The van der Waals surface area contributed by atoms with Crippen LogP contribution in [0.25, 0.3) is 5.57 Å². The Morgan fingerprint density at radius 2 is 2.12 bits per heavy atom. The van der Waals surface area contributed by atoms with Crippen molar-refractivity contribution < 1.29 is 43.4 Å². The average Bonchev–Trinajstić information content (AvgIpc) is 2.74. The molecule has 89 valence electrons. The predicted molar refractivity (Wildman–Crippen MR) is 60.9 cm³/mol. The second-order valence-corrected chi connectivity index (χ2v) is 3.61. The number of rotatable bonds is 2. The van der Waals surface area contributed by atoms with Crippen molar-refractivity contribution in [2.24, 2.45) is 0 Å². The van der Waals surface area contributed by atoms with Crippen LogP contribution in [0.4, 0.5) is 0 Å². The molecule has 0 aliphatic heterocycles. The Morgan fingerprint density at radius 1 is 1.41 bits per heavy atom. The minimum atomic E-state index is 0. The van der Waals surface area contributed by atoms with Crippen LogP contribution in [-0.2, 0) is 25.0 Å². The van der Waals surface area contributed by atoms with Crippen molar-refractivity contribution in [2.45, 2.75) is 19.8 Å². The molecular formula is C14H13Cl2V-. The summed E-state index contributed by atoms with van der Waals surface area (Å²) >= 11 is 0. The van der Waals surface area contributed by atoms with Gasteiger partial charge in [0.15, 0.2) is 0 Å². The van der Waals surface area contributed by atoms with E-state index in [9.17, 15) is 0 Å². The van der Waals surface area contributed by atoms with E-state index in [1.165, 1.54) is 22.3 Å². The first-order chi connectivity index (χ1) is 6.83. The minimum absolute atomic E-state index is 0. The maximum absolute atomic E-state index is 5.34. The van der Waals surface area contributed by atoms with E-state index in [1.54, 1.807) is 0 Å². The number of terminal acetylenes is 1. The second-order valence-electron chi connectivity index (χ2n) is 3.61. The minimum Gasteiger partial charge on any atom is -1.00 e. The molecule has 0 unspecified atom stereocenters. The fourth-order valence-corrected chi connectivity index (χ4v) is 1.95. The predicted octanol–water partition coefficient (Wildman–Crippen LogP) is -2.68. The Bertz CT molecular complexity index is 447. The van der Waals surface area contributed by atoms with Gasteiger partial charge < -0.3 is 24.8 Å². The van der Waals surface area contributed by atoms with Crippen LogP contribution in [0, 0.1) is 12.3 Å². The summed E-state index contributed by atoms with van der Waals surface area (Å²) in [6.45, 7) is 2.16. The van der Waals surface area contributed by atoms with E-state index in [0.29, 0.717) is 0 Å². The molecule has 0 nitrogen and oxygen atoms in total. The van der Waals surface area contributed by atoms with Crippen LogP contribution in [0.15, 0.2) is 35.9 Å². The van der Waals surface area contributed by atoms with Crippen molar-refractivity contribution in [2.75, 3.05) is 0 Å². The van der Waals surface area contributed by atoms with E-state index in [2.05, 4.69) is 43.2 Å². The smallest absolute Gasteiger partial charge is 1.00 e. The SMILES string of the molecule is C#CC[c-]1cccc1C1=C(C)C=CC1.[Cl-].[Cl-].[V+2]. The molecule has 0 aromatic heterocycles. The molecule has 0 atom stereocenters. The fraction of sp³-hybridized carbons (Fsp3) is 0.214. The molecule has 0 fully saturated rings. The van der Waals surface area contributed by atoms with Gasteiger partial charge in [-0.25, -0.2) is 0 Å². The van der Waals surface area contributed by atoms with Crippen molar-refractivity contribution in [1.29, 1.82) is 0 Å². The van der Waals surface area contributed by atoms with Gasteiger partial charge in [0.25, 0.3) is 0 Å². The first-order valence-corrected chi connectivity index (χ1v) is 4.87. The van der Waals surface area contributed by atoms with Gasteiger partial charge in [-0.15, -0.1) is 35.1 Å². The molecule has 1 radical (unpaired) electrons. The third kappa shape index (κ3) is 4.05. The van der Waals surface area contributed by atoms with Gasteiger partial charge in [-0.2, -0.15) is 12.1 Å². The molecule has 2 rings (SSSR count). The van der Waals surface area contributed by atoms with Crippen LogP contribution in [0.1, 0.15) is 24.5 Å². The molecule has 1 aliphatic carbocycles. The second kappa shape index (κ2) is 8.62. The first kappa shape index (κ1) is 18.9. The monoisotopic (exact) mass is 302 g/mol. The normalized spacial score (nSPS) is 12.2. The Balaban J connectivity index is 0. The van der Waals surface area contributed by atoms with Crippen molar-refractivity contribution in [1.82, 2.24) is 0 Å². The van der Waals surface area contributed by atoms with Crippen LogP contribution in [0.5, 0.6) is 0 Å². The van der Waals surface area contributed by atoms with E-state index in [-0.39, 0.29) is 43.4 Å². The zero-order chi connectivity index (χ0) is 9.97. The van der Waals surface area contributed by atoms with Gasteiger partial charge >= 0.3 is 18.6 Å². The Labute approximate surface area is 128 Å². The zero-order valence-corrected chi connectivity index (χ0v) is 12.5. The Hall–Kier alpha value is -0.446. The number of halogens is 2. The third-order valence-electron chi connectivity index (χ3n) is 2.69. The van der Waals surface area contributed by atoms with Gasteiger partial charge in [-0.05, 0) is 19.8 Å². The zero-order valence-electron chi connectivity index (χ0n) is 9.58. The maximum Gasteiger partial charge on any atom is 2.00 e. The molecule has 0 saturated heterocycles. The summed E-state index contributed by atoms with van der Waals surface area (Å²) < 4.78 is 0. The largest absolute Gasteiger partial charge is 2.00 e. The molecule has 0 N–H and O–H groups in total. The first-order valence-electron chi connectivity index (χ1n) is 4.87. The van der Waals surface area contributed by atoms with Gasteiger partial charge in [-0.3, -0.25) is 0 Å². The van der Waals surface area contributed by atoms with Crippen molar-refractivity contribution in [3.05, 3.63) is 47.1 Å². The van der Waals surface area contributed by atoms with Crippen LogP contribution in [0.3, 0.4) is 0 Å². The molecule has 3 heteroatoms. The van der Waals surface area contributed by atoms with Crippen LogP contribution in [-0.4, -0.2) is 0 Å². The maximum atomic E-state index is 5.34. The van der Waals surface area contributed by atoms with Gasteiger partial charge in [0.05, 0.1) is 0 Å². The van der Waals surface area contributed by atoms with E-state index in [4.69, 9.17) is 6.42 Å². The molecule has 1 aromatic rings. The van der Waals surface area contributed by atoms with Gasteiger partial charge in [0, 0.05) is 0 Å². The van der Waals surface area contributed by atoms with E-state index >= 15 is 0 Å². The summed E-state index contributed by atoms with van der Waals surface area (Å²) in [6.07, 6.45) is 11.5. The quantitative estimate of drug-likeness (QED) is 0.413. The molecule has 0 amide bonds. The molecule has 17 heavy (non-hydrogen) atoms. The Morgan fingerprint density at radius 3 is 2.65 bits per heavy atom. The van der Waals surface area contributed by atoms with Crippen LogP contribution >= 0.6 is 0 Å². The van der Waals surface area contributed by atoms with E-state index in [0.717, 1.165) is 12.8 Å². The summed E-state index contributed by atoms with van der Waals surface area (Å²) in [5.74, 6) is 2.71. The Kier molecular flexibility index (Phi) is 9.58. The molecular weight excluding hydrogens is 290 g/mol. The summed E-state index contributed by atoms with van der Waals surface area (Å²) in [5.41, 5.74) is 5.42. The van der Waals surface area contributed by atoms with Crippen LogP contribution < -0.4 is 24.8 Å². The summed E-state index contributed by atoms with van der Waals surface area (Å²) in [4.78, 5) is 0. The van der Waals surface area contributed by atoms with Gasteiger partial charge in [0.1, 0.15) is 0 Å². The standard InChI is InChI=1S/C14H13.2ClH.V/c1-3-6-12-8-5-10-14(12)13-9-4-7-11(13)2;;;/h1,4-5,7-8,10H,6,9H2,2H3;2*1H;/q-1;;;+2/p-2. The molecule has 1 aromatic carbocycles. The number of hydrogen-bond donors (Lipinski definition) is 0. The third-order valence-corrected chi connectivity index (χ3v) is 2.69. The number of hydrogen-bond acceptors (Lipinski definition) is 0. The van der Waals surface area contributed by atoms with Crippen molar-refractivity contribution in [3.63, 3.8) is 0 Å². The van der Waals surface area contributed by atoms with E-state index < -0.39 is 0 Å². The number of allylic oxidation sites excluding steroid dienone is 4. The molecule has 0 spiro atoms. The molecule has 0 heterocycles. The molecule has 1 aliphatic rings. The summed E-state index contributed by atoms with van der Waals surface area (Å²) in [5, 5.41) is 0. The topological polar surface area (TPSA) is 0 Å². The molecule has 0 saturated carbocycles. The van der Waals surface area contributed by atoms with Crippen LogP contribution in [0.2, 0.25) is 0 Å². The average molecular weight is 303 g/mol. The summed E-state index contributed by atoms with van der Waals surface area (Å²) in [7, 11) is 0. The van der Waals surface area contributed by atoms with Gasteiger partial charge in [-0.1, -0.05) is 17.7 Å². The van der Waals surface area contributed by atoms with E-state index in [1.807, 2.05) is 0 Å². The molecule has 0 bridgehead atoms. The summed E-state index contributed by atoms with van der Waals surface area (Å²) in [6, 6.07) is 6.37. The van der Waals surface area contributed by atoms with Crippen molar-refractivity contribution in [3.8, 4) is 12.3 Å². The van der Waals surface area contributed by atoms with Gasteiger partial charge in [0.2, 0.25) is 0 Å².